The quantitative estimate of drug-likeness (QED) is 0.712. The van der Waals surface area contributed by atoms with Crippen LogP contribution in [0.25, 0.3) is 5.69 Å². The highest BCUT2D eigenvalue weighted by atomic mass is 16.6. The van der Waals surface area contributed by atoms with Gasteiger partial charge < -0.3 is 14.8 Å². The van der Waals surface area contributed by atoms with Gasteiger partial charge in [0.2, 0.25) is 0 Å². The molecule has 0 saturated carbocycles. The van der Waals surface area contributed by atoms with Crippen molar-refractivity contribution < 1.29 is 14.3 Å². The van der Waals surface area contributed by atoms with Crippen molar-refractivity contribution in [2.24, 2.45) is 5.92 Å². The van der Waals surface area contributed by atoms with Gasteiger partial charge in [-0.3, -0.25) is 4.79 Å². The minimum atomic E-state index is -0.133. The number of fused-ring (bicyclic) bond motifs is 1. The van der Waals surface area contributed by atoms with Crippen LogP contribution in [0.2, 0.25) is 0 Å². The molecule has 0 radical (unpaired) electrons. The number of hydrogen-bond donors (Lipinski definition) is 1. The van der Waals surface area contributed by atoms with Crippen molar-refractivity contribution in [2.45, 2.75) is 26.8 Å². The second kappa shape index (κ2) is 7.99. The average Bonchev–Trinajstić information content (AvgIpc) is 3.17. The molecule has 1 aliphatic heterocycles. The van der Waals surface area contributed by atoms with Gasteiger partial charge in [-0.05, 0) is 60.9 Å². The van der Waals surface area contributed by atoms with Crippen LogP contribution in [-0.2, 0) is 0 Å². The zero-order valence-electron chi connectivity index (χ0n) is 16.9. The van der Waals surface area contributed by atoms with Gasteiger partial charge in [0.05, 0.1) is 11.7 Å². The van der Waals surface area contributed by atoms with Crippen molar-refractivity contribution in [3.63, 3.8) is 0 Å². The maximum absolute atomic E-state index is 12.9. The Morgan fingerprint density at radius 1 is 1.03 bits per heavy atom. The van der Waals surface area contributed by atoms with E-state index in [1.165, 1.54) is 0 Å². The first-order valence-electron chi connectivity index (χ1n) is 9.84. The van der Waals surface area contributed by atoms with E-state index in [0.29, 0.717) is 18.8 Å². The molecule has 0 bridgehead atoms. The van der Waals surface area contributed by atoms with Crippen LogP contribution < -0.4 is 14.8 Å². The number of ether oxygens (including phenoxy) is 2. The summed E-state index contributed by atoms with van der Waals surface area (Å²) in [4.78, 5) is 12.9. The number of nitrogens with one attached hydrogen (secondary N) is 1. The van der Waals surface area contributed by atoms with E-state index in [4.69, 9.17) is 9.47 Å². The lowest BCUT2D eigenvalue weighted by Gasteiger charge is -2.25. The Kier molecular flexibility index (Phi) is 5.25. The lowest BCUT2D eigenvalue weighted by molar-refractivity contribution is 0.0925. The third kappa shape index (κ3) is 3.97. The van der Waals surface area contributed by atoms with Crippen LogP contribution in [0.5, 0.6) is 11.5 Å². The van der Waals surface area contributed by atoms with Crippen molar-refractivity contribution in [3.8, 4) is 17.2 Å². The lowest BCUT2D eigenvalue weighted by atomic mass is 9.95. The molecule has 6 heteroatoms. The van der Waals surface area contributed by atoms with Crippen molar-refractivity contribution in [1.29, 1.82) is 0 Å². The number of carbonyl (C=O) groups is 1. The fraction of sp³-hybridized carbons (Fsp3) is 0.304. The molecule has 0 fully saturated rings. The van der Waals surface area contributed by atoms with Gasteiger partial charge in [0.25, 0.3) is 5.91 Å². The molecule has 3 aromatic rings. The SMILES string of the molecule is Cc1ccnn1-c1ccc(C(=O)N[C@@H](c2ccc3c(c2)OCCO3)C(C)C)cc1. The predicted octanol–water partition coefficient (Wildman–Crippen LogP) is 4.08. The number of hydrogen-bond acceptors (Lipinski definition) is 4. The summed E-state index contributed by atoms with van der Waals surface area (Å²) in [7, 11) is 0. The van der Waals surface area contributed by atoms with Crippen molar-refractivity contribution >= 4 is 5.91 Å². The highest BCUT2D eigenvalue weighted by Crippen LogP contribution is 2.34. The van der Waals surface area contributed by atoms with Crippen LogP contribution in [0.4, 0.5) is 0 Å². The molecule has 1 N–H and O–H groups in total. The monoisotopic (exact) mass is 391 g/mol. The summed E-state index contributed by atoms with van der Waals surface area (Å²) in [5.74, 6) is 1.58. The van der Waals surface area contributed by atoms with Crippen LogP contribution in [0.15, 0.2) is 54.7 Å². The standard InChI is InChI=1S/C23H25N3O3/c1-15(2)22(18-6-9-20-21(14-18)29-13-12-28-20)25-23(27)17-4-7-19(8-5-17)26-16(3)10-11-24-26/h4-11,14-15,22H,12-13H2,1-3H3,(H,25,27)/t22-/m1/s1. The minimum absolute atomic E-state index is 0.109. The Bertz CT molecular complexity index is 1010. The zero-order chi connectivity index (χ0) is 20.4. The number of aromatic nitrogens is 2. The molecule has 1 aliphatic rings. The van der Waals surface area contributed by atoms with Gasteiger partial charge in [-0.2, -0.15) is 5.10 Å². The Morgan fingerprint density at radius 2 is 1.76 bits per heavy atom. The van der Waals surface area contributed by atoms with Gasteiger partial charge in [0.15, 0.2) is 11.5 Å². The van der Waals surface area contributed by atoms with E-state index in [2.05, 4.69) is 24.3 Å². The smallest absolute Gasteiger partial charge is 0.251 e. The van der Waals surface area contributed by atoms with Crippen molar-refractivity contribution in [3.05, 3.63) is 71.5 Å². The molecule has 1 amide bonds. The van der Waals surface area contributed by atoms with Gasteiger partial charge >= 0.3 is 0 Å². The molecule has 6 nitrogen and oxygen atoms in total. The van der Waals surface area contributed by atoms with E-state index in [1.54, 1.807) is 6.20 Å². The van der Waals surface area contributed by atoms with Crippen molar-refractivity contribution in [2.75, 3.05) is 13.2 Å². The summed E-state index contributed by atoms with van der Waals surface area (Å²) in [5, 5.41) is 7.46. The Hall–Kier alpha value is -3.28. The lowest BCUT2D eigenvalue weighted by Crippen LogP contribution is -2.32. The minimum Gasteiger partial charge on any atom is -0.486 e. The first-order chi connectivity index (χ1) is 14.0. The predicted molar refractivity (Wildman–Crippen MR) is 111 cm³/mol. The van der Waals surface area contributed by atoms with E-state index >= 15 is 0 Å². The van der Waals surface area contributed by atoms with Crippen LogP contribution in [0.1, 0.15) is 41.5 Å². The number of benzene rings is 2. The van der Waals surface area contributed by atoms with E-state index in [0.717, 1.165) is 28.4 Å². The Labute approximate surface area is 170 Å². The number of carbonyl (C=O) groups excluding carboxylic acids is 1. The summed E-state index contributed by atoms with van der Waals surface area (Å²) in [6.45, 7) is 7.27. The average molecular weight is 391 g/mol. The van der Waals surface area contributed by atoms with E-state index in [-0.39, 0.29) is 17.9 Å². The van der Waals surface area contributed by atoms with E-state index in [1.807, 2.05) is 60.1 Å². The Morgan fingerprint density at radius 3 is 2.41 bits per heavy atom. The molecule has 1 aromatic heterocycles. The van der Waals surface area contributed by atoms with Crippen molar-refractivity contribution in [1.82, 2.24) is 15.1 Å². The summed E-state index contributed by atoms with van der Waals surface area (Å²) < 4.78 is 13.1. The zero-order valence-corrected chi connectivity index (χ0v) is 16.9. The molecule has 2 heterocycles. The number of rotatable bonds is 5. The molecule has 4 rings (SSSR count). The first-order valence-corrected chi connectivity index (χ1v) is 9.84. The molecule has 2 aromatic carbocycles. The van der Waals surface area contributed by atoms with E-state index < -0.39 is 0 Å². The normalized spacial score (nSPS) is 13.9. The van der Waals surface area contributed by atoms with Crippen LogP contribution >= 0.6 is 0 Å². The summed E-state index contributed by atoms with van der Waals surface area (Å²) in [6.07, 6.45) is 1.76. The largest absolute Gasteiger partial charge is 0.486 e. The second-order valence-electron chi connectivity index (χ2n) is 7.53. The number of aryl methyl sites for hydroxylation is 1. The highest BCUT2D eigenvalue weighted by Gasteiger charge is 2.22. The maximum atomic E-state index is 12.9. The number of amides is 1. The Balaban J connectivity index is 1.53. The van der Waals surface area contributed by atoms with Gasteiger partial charge in [-0.1, -0.05) is 19.9 Å². The molecule has 0 spiro atoms. The van der Waals surface area contributed by atoms with E-state index in [9.17, 15) is 4.79 Å². The van der Waals surface area contributed by atoms with Gasteiger partial charge in [-0.15, -0.1) is 0 Å². The molecule has 0 saturated heterocycles. The van der Waals surface area contributed by atoms with Gasteiger partial charge in [0.1, 0.15) is 13.2 Å². The third-order valence-corrected chi connectivity index (χ3v) is 5.08. The van der Waals surface area contributed by atoms with Crippen LogP contribution in [-0.4, -0.2) is 28.9 Å². The summed E-state index contributed by atoms with van der Waals surface area (Å²) >= 11 is 0. The van der Waals surface area contributed by atoms with Crippen LogP contribution in [0.3, 0.4) is 0 Å². The molecular formula is C23H25N3O3. The van der Waals surface area contributed by atoms with Gasteiger partial charge in [-0.25, -0.2) is 4.68 Å². The topological polar surface area (TPSA) is 65.4 Å². The summed E-state index contributed by atoms with van der Waals surface area (Å²) in [6, 6.07) is 15.1. The maximum Gasteiger partial charge on any atom is 0.251 e. The summed E-state index contributed by atoms with van der Waals surface area (Å²) in [5.41, 5.74) is 3.58. The molecular weight excluding hydrogens is 366 g/mol. The first kappa shape index (κ1) is 19.1. The molecule has 150 valence electrons. The molecule has 0 unspecified atom stereocenters. The van der Waals surface area contributed by atoms with Gasteiger partial charge in [0, 0.05) is 17.5 Å². The third-order valence-electron chi connectivity index (χ3n) is 5.08. The second-order valence-corrected chi connectivity index (χ2v) is 7.53. The molecule has 1 atom stereocenters. The highest BCUT2D eigenvalue weighted by molar-refractivity contribution is 5.94. The fourth-order valence-corrected chi connectivity index (χ4v) is 3.51. The van der Waals surface area contributed by atoms with Crippen LogP contribution in [0, 0.1) is 12.8 Å². The molecule has 0 aliphatic carbocycles. The molecule has 29 heavy (non-hydrogen) atoms. The fourth-order valence-electron chi connectivity index (χ4n) is 3.51. The number of nitrogens with zero attached hydrogens (tertiary/aromatic N) is 2.